The summed E-state index contributed by atoms with van der Waals surface area (Å²) in [7, 11) is 0. The minimum atomic E-state index is -0.00435. The number of aromatic nitrogens is 1. The Balaban J connectivity index is 1.75. The number of ether oxygens (including phenoxy) is 1. The third-order valence-electron chi connectivity index (χ3n) is 3.88. The number of hydrogen-bond donors (Lipinski definition) is 1. The maximum Gasteiger partial charge on any atom is 0.0649 e. The Labute approximate surface area is 113 Å². The van der Waals surface area contributed by atoms with Crippen LogP contribution in [0.2, 0.25) is 0 Å². The second-order valence-corrected chi connectivity index (χ2v) is 5.24. The smallest absolute Gasteiger partial charge is 0.0649 e. The van der Waals surface area contributed by atoms with Crippen LogP contribution >= 0.6 is 0 Å². The van der Waals surface area contributed by atoms with Gasteiger partial charge in [-0.05, 0) is 37.1 Å². The van der Waals surface area contributed by atoms with E-state index in [-0.39, 0.29) is 6.04 Å². The maximum absolute atomic E-state index is 6.32. The van der Waals surface area contributed by atoms with E-state index in [9.17, 15) is 0 Å². The summed E-state index contributed by atoms with van der Waals surface area (Å²) < 4.78 is 5.65. The fourth-order valence-corrected chi connectivity index (χ4v) is 2.81. The molecule has 3 heteroatoms. The summed E-state index contributed by atoms with van der Waals surface area (Å²) in [4.78, 5) is 4.49. The molecule has 0 aliphatic carbocycles. The van der Waals surface area contributed by atoms with E-state index in [4.69, 9.17) is 10.5 Å². The molecule has 0 amide bonds. The number of nitrogens with two attached hydrogens (primary N) is 1. The summed E-state index contributed by atoms with van der Waals surface area (Å²) in [5, 5.41) is 2.38. The van der Waals surface area contributed by atoms with Gasteiger partial charge in [-0.2, -0.15) is 0 Å². The van der Waals surface area contributed by atoms with Gasteiger partial charge in [0.05, 0.1) is 11.8 Å². The average molecular weight is 256 g/mol. The quantitative estimate of drug-likeness (QED) is 0.913. The molecule has 0 saturated carbocycles. The SMILES string of the molecule is NC(CCC1CCCO1)c1nccc2ccccc12. The van der Waals surface area contributed by atoms with Crippen LogP contribution in [0.5, 0.6) is 0 Å². The van der Waals surface area contributed by atoms with Crippen molar-refractivity contribution >= 4 is 10.8 Å². The number of rotatable bonds is 4. The molecule has 2 heterocycles. The Hall–Kier alpha value is -1.45. The molecule has 1 saturated heterocycles. The van der Waals surface area contributed by atoms with E-state index in [0.29, 0.717) is 6.10 Å². The third-order valence-corrected chi connectivity index (χ3v) is 3.88. The Morgan fingerprint density at radius 3 is 3.05 bits per heavy atom. The minimum absolute atomic E-state index is 0.00435. The molecule has 2 N–H and O–H groups in total. The topological polar surface area (TPSA) is 48.1 Å². The van der Waals surface area contributed by atoms with Crippen LogP contribution in [0.15, 0.2) is 36.5 Å². The highest BCUT2D eigenvalue weighted by Crippen LogP contribution is 2.26. The molecular formula is C16H20N2O. The van der Waals surface area contributed by atoms with Gasteiger partial charge >= 0.3 is 0 Å². The second kappa shape index (κ2) is 5.68. The van der Waals surface area contributed by atoms with Gasteiger partial charge in [0.2, 0.25) is 0 Å². The number of benzene rings is 1. The molecule has 2 unspecified atom stereocenters. The van der Waals surface area contributed by atoms with E-state index in [1.807, 2.05) is 24.4 Å². The zero-order chi connectivity index (χ0) is 13.1. The van der Waals surface area contributed by atoms with Gasteiger partial charge in [0.25, 0.3) is 0 Å². The Kier molecular flexibility index (Phi) is 3.76. The summed E-state index contributed by atoms with van der Waals surface area (Å²) in [5.74, 6) is 0. The summed E-state index contributed by atoms with van der Waals surface area (Å²) in [6.45, 7) is 0.909. The number of hydrogen-bond acceptors (Lipinski definition) is 3. The van der Waals surface area contributed by atoms with Gasteiger partial charge in [-0.15, -0.1) is 0 Å². The first-order valence-electron chi connectivity index (χ1n) is 7.05. The summed E-state index contributed by atoms with van der Waals surface area (Å²) in [6, 6.07) is 10.3. The van der Waals surface area contributed by atoms with Gasteiger partial charge in [-0.3, -0.25) is 4.98 Å². The summed E-state index contributed by atoms with van der Waals surface area (Å²) in [6.07, 6.45) is 6.59. The number of nitrogens with zero attached hydrogens (tertiary/aromatic N) is 1. The fraction of sp³-hybridized carbons (Fsp3) is 0.438. The standard InChI is InChI=1S/C16H20N2O/c17-15(8-7-13-5-3-11-19-13)16-14-6-2-1-4-12(14)9-10-18-16/h1-2,4,6,9-10,13,15H,3,5,7-8,11,17H2. The van der Waals surface area contributed by atoms with Crippen LogP contribution in [-0.4, -0.2) is 17.7 Å². The molecule has 19 heavy (non-hydrogen) atoms. The predicted molar refractivity (Wildman–Crippen MR) is 76.9 cm³/mol. The highest BCUT2D eigenvalue weighted by Gasteiger charge is 2.18. The zero-order valence-corrected chi connectivity index (χ0v) is 11.1. The molecular weight excluding hydrogens is 236 g/mol. The van der Waals surface area contributed by atoms with Gasteiger partial charge in [0.15, 0.2) is 0 Å². The molecule has 0 radical (unpaired) electrons. The largest absolute Gasteiger partial charge is 0.378 e. The molecule has 100 valence electrons. The van der Waals surface area contributed by atoms with Crippen molar-refractivity contribution in [1.29, 1.82) is 0 Å². The van der Waals surface area contributed by atoms with Crippen LogP contribution in [0, 0.1) is 0 Å². The van der Waals surface area contributed by atoms with E-state index in [0.717, 1.165) is 25.1 Å². The van der Waals surface area contributed by atoms with Crippen molar-refractivity contribution in [3.05, 3.63) is 42.2 Å². The molecule has 3 rings (SSSR count). The van der Waals surface area contributed by atoms with Gasteiger partial charge in [-0.1, -0.05) is 24.3 Å². The van der Waals surface area contributed by atoms with Crippen LogP contribution in [0.3, 0.4) is 0 Å². The predicted octanol–water partition coefficient (Wildman–Crippen LogP) is 3.19. The molecule has 0 spiro atoms. The lowest BCUT2D eigenvalue weighted by molar-refractivity contribution is 0.101. The molecule has 1 aliphatic heterocycles. The van der Waals surface area contributed by atoms with Gasteiger partial charge in [-0.25, -0.2) is 0 Å². The van der Waals surface area contributed by atoms with Crippen molar-refractivity contribution < 1.29 is 4.74 Å². The molecule has 1 aliphatic rings. The second-order valence-electron chi connectivity index (χ2n) is 5.24. The zero-order valence-electron chi connectivity index (χ0n) is 11.1. The van der Waals surface area contributed by atoms with E-state index in [2.05, 4.69) is 17.1 Å². The van der Waals surface area contributed by atoms with Gasteiger partial charge < -0.3 is 10.5 Å². The third kappa shape index (κ3) is 2.77. The van der Waals surface area contributed by atoms with Crippen molar-refractivity contribution in [1.82, 2.24) is 4.98 Å². The average Bonchev–Trinajstić information content (AvgIpc) is 2.97. The van der Waals surface area contributed by atoms with Crippen molar-refractivity contribution in [2.24, 2.45) is 5.73 Å². The Morgan fingerprint density at radius 1 is 1.32 bits per heavy atom. The highest BCUT2D eigenvalue weighted by atomic mass is 16.5. The normalized spacial score (nSPS) is 20.8. The number of pyridine rings is 1. The molecule has 2 atom stereocenters. The first-order valence-corrected chi connectivity index (χ1v) is 7.05. The van der Waals surface area contributed by atoms with Gasteiger partial charge in [0, 0.05) is 24.2 Å². The lowest BCUT2D eigenvalue weighted by Crippen LogP contribution is -2.16. The van der Waals surface area contributed by atoms with Crippen LogP contribution in [0.25, 0.3) is 10.8 Å². The van der Waals surface area contributed by atoms with E-state index in [1.54, 1.807) is 0 Å². The lowest BCUT2D eigenvalue weighted by Gasteiger charge is -2.16. The monoisotopic (exact) mass is 256 g/mol. The minimum Gasteiger partial charge on any atom is -0.378 e. The number of fused-ring (bicyclic) bond motifs is 1. The van der Waals surface area contributed by atoms with E-state index in [1.165, 1.54) is 23.6 Å². The van der Waals surface area contributed by atoms with E-state index >= 15 is 0 Å². The summed E-state index contributed by atoms with van der Waals surface area (Å²) in [5.41, 5.74) is 7.33. The molecule has 0 bridgehead atoms. The molecule has 1 fully saturated rings. The molecule has 1 aromatic carbocycles. The van der Waals surface area contributed by atoms with Crippen LogP contribution in [0.4, 0.5) is 0 Å². The first-order chi connectivity index (χ1) is 9.34. The van der Waals surface area contributed by atoms with Gasteiger partial charge in [0.1, 0.15) is 0 Å². The fourth-order valence-electron chi connectivity index (χ4n) is 2.81. The van der Waals surface area contributed by atoms with Crippen LogP contribution in [0.1, 0.15) is 37.4 Å². The summed E-state index contributed by atoms with van der Waals surface area (Å²) >= 11 is 0. The Morgan fingerprint density at radius 2 is 2.21 bits per heavy atom. The van der Waals surface area contributed by atoms with Crippen molar-refractivity contribution in [2.75, 3.05) is 6.61 Å². The highest BCUT2D eigenvalue weighted by molar-refractivity contribution is 5.84. The van der Waals surface area contributed by atoms with E-state index < -0.39 is 0 Å². The Bertz CT molecular complexity index is 544. The first kappa shape index (κ1) is 12.6. The van der Waals surface area contributed by atoms with Crippen molar-refractivity contribution in [3.63, 3.8) is 0 Å². The molecule has 2 aromatic rings. The van der Waals surface area contributed by atoms with Crippen molar-refractivity contribution in [2.45, 2.75) is 37.8 Å². The van der Waals surface area contributed by atoms with Crippen LogP contribution < -0.4 is 5.73 Å². The molecule has 3 nitrogen and oxygen atoms in total. The van der Waals surface area contributed by atoms with Crippen LogP contribution in [-0.2, 0) is 4.74 Å². The van der Waals surface area contributed by atoms with Crippen molar-refractivity contribution in [3.8, 4) is 0 Å². The molecule has 1 aromatic heterocycles. The maximum atomic E-state index is 6.32. The lowest BCUT2D eigenvalue weighted by atomic mass is 10.00.